The van der Waals surface area contributed by atoms with Gasteiger partial charge in [0.2, 0.25) is 0 Å². The van der Waals surface area contributed by atoms with Gasteiger partial charge < -0.3 is 68.8 Å². The van der Waals surface area contributed by atoms with E-state index in [4.69, 9.17) is 68.8 Å². The van der Waals surface area contributed by atoms with Gasteiger partial charge in [0, 0.05) is 60.4 Å². The molecule has 0 radical (unpaired) electrons. The van der Waals surface area contributed by atoms with Crippen molar-refractivity contribution in [2.75, 3.05) is 13.1 Å². The number of hydrogen-bond acceptors (Lipinski definition) is 12. The lowest BCUT2D eigenvalue weighted by Gasteiger charge is -2.45. The minimum Gasteiger partial charge on any atom is -0.330 e. The summed E-state index contributed by atoms with van der Waals surface area (Å²) in [5, 5.41) is 0. The van der Waals surface area contributed by atoms with Crippen molar-refractivity contribution in [1.29, 1.82) is 0 Å². The number of hydrogen-bond donors (Lipinski definition) is 12. The molecule has 0 aromatic rings. The highest BCUT2D eigenvalue weighted by Gasteiger charge is 2.38. The number of nitrogens with two attached hydrogens (primary N) is 12. The predicted octanol–water partition coefficient (Wildman–Crippen LogP) is 6.53. The van der Waals surface area contributed by atoms with E-state index in [1.807, 2.05) is 0 Å². The maximum Gasteiger partial charge on any atom is 0.0192 e. The molecule has 0 aromatic heterocycles. The summed E-state index contributed by atoms with van der Waals surface area (Å²) in [6.45, 7) is 17.7. The molecule has 0 heterocycles. The van der Waals surface area contributed by atoms with Gasteiger partial charge in [-0.3, -0.25) is 0 Å². The van der Waals surface area contributed by atoms with Gasteiger partial charge in [-0.25, -0.2) is 0 Å². The molecule has 7 fully saturated rings. The van der Waals surface area contributed by atoms with E-state index < -0.39 is 0 Å². The molecular formula is C52H116N12. The molecule has 0 bridgehead atoms. The summed E-state index contributed by atoms with van der Waals surface area (Å²) >= 11 is 0. The quantitative estimate of drug-likeness (QED) is 0.144. The fourth-order valence-electron chi connectivity index (χ4n) is 11.5. The fraction of sp³-hybridized carbons (Fsp3) is 1.00. The molecule has 13 unspecified atom stereocenters. The Bertz CT molecular complexity index is 1070. The van der Waals surface area contributed by atoms with Crippen molar-refractivity contribution in [2.45, 2.75) is 276 Å². The molecule has 384 valence electrons. The lowest BCUT2D eigenvalue weighted by atomic mass is 9.62. The average Bonchev–Trinajstić information content (AvgIpc) is 3.24. The highest BCUT2D eigenvalue weighted by atomic mass is 14.8. The van der Waals surface area contributed by atoms with Crippen LogP contribution in [0.2, 0.25) is 0 Å². The largest absolute Gasteiger partial charge is 0.330 e. The van der Waals surface area contributed by atoms with Crippen molar-refractivity contribution in [3.8, 4) is 0 Å². The van der Waals surface area contributed by atoms with E-state index in [0.29, 0.717) is 71.0 Å². The van der Waals surface area contributed by atoms with Crippen LogP contribution in [0.5, 0.6) is 0 Å². The van der Waals surface area contributed by atoms with Crippen LogP contribution in [0, 0.1) is 40.4 Å². The van der Waals surface area contributed by atoms with E-state index in [1.165, 1.54) is 103 Å². The van der Waals surface area contributed by atoms with Crippen molar-refractivity contribution in [3.05, 3.63) is 0 Å². The topological polar surface area (TPSA) is 312 Å². The third kappa shape index (κ3) is 27.5. The van der Waals surface area contributed by atoms with Crippen LogP contribution >= 0.6 is 0 Å². The first-order valence-corrected chi connectivity index (χ1v) is 27.0. The zero-order chi connectivity index (χ0) is 48.5. The minimum atomic E-state index is 0.281. The molecule has 7 rings (SSSR count). The molecule has 12 nitrogen and oxygen atoms in total. The SMILES string of the molecule is CC1C(N)CCCC1N.CC1CCC(N)CC1N.CC1CCCC(N)C1.CCC1(C)CC(N)CC(C)(C)C1.NC1CCC(N)CC1.NC1CCCCC1N.NCC1CCCC(CN)C1. The molecule has 7 saturated carbocycles. The van der Waals surface area contributed by atoms with Crippen molar-refractivity contribution in [3.63, 3.8) is 0 Å². The van der Waals surface area contributed by atoms with Crippen LogP contribution in [0.3, 0.4) is 0 Å². The smallest absolute Gasteiger partial charge is 0.0192 e. The molecule has 24 N–H and O–H groups in total. The van der Waals surface area contributed by atoms with E-state index in [2.05, 4.69) is 48.5 Å². The van der Waals surface area contributed by atoms with Gasteiger partial charge in [0.05, 0.1) is 0 Å². The van der Waals surface area contributed by atoms with E-state index in [1.54, 1.807) is 0 Å². The van der Waals surface area contributed by atoms with E-state index >= 15 is 0 Å². The standard InChI is InChI=1S/C11H23N.C8H18N2.2C7H16N2.C7H15N.2C6H14N2/c1-5-11(4)7-9(12)6-10(2,3)8-11;9-5-7-2-1-3-8(4-7)6-10;1-5-2-3-6(8)4-7(5)9;1-5-6(8)3-2-4-7(5)9;1-6-3-2-4-7(8)5-6;7-5-1-2-6(8)4-3-5;7-5-3-1-2-4-6(5)8/h9H,5-8,12H2,1-4H3;7-8H,1-6,9-10H2;2*5-7H,2-4,8-9H2,1H3;6-7H,2-5,8H2,1H3;2*5-6H,1-4,7-8H2. The summed E-state index contributed by atoms with van der Waals surface area (Å²) in [7, 11) is 0. The van der Waals surface area contributed by atoms with Gasteiger partial charge in [-0.1, -0.05) is 93.4 Å². The highest BCUT2D eigenvalue weighted by Crippen LogP contribution is 2.47. The first-order valence-electron chi connectivity index (χ1n) is 27.0. The molecule has 0 spiro atoms. The molecule has 7 aliphatic carbocycles. The Hall–Kier alpha value is -0.480. The fourth-order valence-corrected chi connectivity index (χ4v) is 11.5. The molecule has 0 amide bonds. The van der Waals surface area contributed by atoms with Gasteiger partial charge in [-0.2, -0.15) is 0 Å². The van der Waals surface area contributed by atoms with E-state index in [-0.39, 0.29) is 12.1 Å². The lowest BCUT2D eigenvalue weighted by molar-refractivity contribution is 0.0802. The Morgan fingerprint density at radius 3 is 1.20 bits per heavy atom. The Balaban J connectivity index is 0.000000375. The van der Waals surface area contributed by atoms with Crippen molar-refractivity contribution < 1.29 is 0 Å². The van der Waals surface area contributed by atoms with Gasteiger partial charge in [0.1, 0.15) is 0 Å². The van der Waals surface area contributed by atoms with Crippen LogP contribution in [0.1, 0.15) is 215 Å². The van der Waals surface area contributed by atoms with E-state index in [0.717, 1.165) is 95.1 Å². The lowest BCUT2D eigenvalue weighted by Crippen LogP contribution is -2.44. The van der Waals surface area contributed by atoms with Crippen LogP contribution < -0.4 is 68.8 Å². The van der Waals surface area contributed by atoms with Crippen LogP contribution in [0.25, 0.3) is 0 Å². The third-order valence-electron chi connectivity index (χ3n) is 16.3. The highest BCUT2D eigenvalue weighted by molar-refractivity contribution is 4.92. The third-order valence-corrected chi connectivity index (χ3v) is 16.3. The zero-order valence-corrected chi connectivity index (χ0v) is 43.4. The number of rotatable bonds is 3. The Labute approximate surface area is 396 Å². The molecule has 12 heteroatoms. The summed E-state index contributed by atoms with van der Waals surface area (Å²) in [5.74, 6) is 3.63. The minimum absolute atomic E-state index is 0.281. The van der Waals surface area contributed by atoms with Gasteiger partial charge >= 0.3 is 0 Å². The predicted molar refractivity (Wildman–Crippen MR) is 280 cm³/mol. The van der Waals surface area contributed by atoms with Crippen molar-refractivity contribution in [2.24, 2.45) is 109 Å². The van der Waals surface area contributed by atoms with Crippen molar-refractivity contribution in [1.82, 2.24) is 0 Å². The average molecular weight is 910 g/mol. The second-order valence-corrected chi connectivity index (χ2v) is 23.7. The van der Waals surface area contributed by atoms with Crippen molar-refractivity contribution >= 4 is 0 Å². The molecular weight excluding hydrogens is 793 g/mol. The zero-order valence-electron chi connectivity index (χ0n) is 43.4. The molecule has 13 atom stereocenters. The first kappa shape index (κ1) is 61.5. The van der Waals surface area contributed by atoms with Gasteiger partial charge in [-0.15, -0.1) is 0 Å². The first-order chi connectivity index (χ1) is 30.0. The molecule has 7 aliphatic rings. The summed E-state index contributed by atoms with van der Waals surface area (Å²) in [6.07, 6.45) is 31.8. The molecule has 0 aliphatic heterocycles. The van der Waals surface area contributed by atoms with Gasteiger partial charge in [0.15, 0.2) is 0 Å². The maximum absolute atomic E-state index is 6.06. The van der Waals surface area contributed by atoms with Gasteiger partial charge in [-0.05, 0) is 176 Å². The van der Waals surface area contributed by atoms with Crippen LogP contribution in [0.4, 0.5) is 0 Å². The van der Waals surface area contributed by atoms with E-state index in [9.17, 15) is 0 Å². The Morgan fingerprint density at radius 1 is 0.406 bits per heavy atom. The summed E-state index contributed by atoms with van der Waals surface area (Å²) in [4.78, 5) is 0. The van der Waals surface area contributed by atoms with Crippen LogP contribution in [-0.2, 0) is 0 Å². The van der Waals surface area contributed by atoms with Gasteiger partial charge in [0.25, 0.3) is 0 Å². The monoisotopic (exact) mass is 909 g/mol. The Kier molecular flexibility index (Phi) is 31.8. The Morgan fingerprint density at radius 2 is 0.844 bits per heavy atom. The molecule has 64 heavy (non-hydrogen) atoms. The van der Waals surface area contributed by atoms with Crippen LogP contribution in [0.15, 0.2) is 0 Å². The molecule has 0 saturated heterocycles. The summed E-state index contributed by atoms with van der Waals surface area (Å²) in [5.41, 5.74) is 69.6. The second-order valence-electron chi connectivity index (χ2n) is 23.7. The maximum atomic E-state index is 6.06. The summed E-state index contributed by atoms with van der Waals surface area (Å²) < 4.78 is 0. The summed E-state index contributed by atoms with van der Waals surface area (Å²) in [6, 6.07) is 3.82. The normalized spacial score (nSPS) is 40.6. The second kappa shape index (κ2) is 33.1. The molecule has 0 aromatic carbocycles. The van der Waals surface area contributed by atoms with Crippen LogP contribution in [-0.4, -0.2) is 73.5 Å².